The lowest BCUT2D eigenvalue weighted by Crippen LogP contribution is -2.44. The van der Waals surface area contributed by atoms with Gasteiger partial charge in [-0.25, -0.2) is 0 Å². The van der Waals surface area contributed by atoms with E-state index in [0.29, 0.717) is 5.56 Å². The minimum atomic E-state index is -0.356. The third-order valence-corrected chi connectivity index (χ3v) is 3.61. The highest BCUT2D eigenvalue weighted by Gasteiger charge is 2.19. The summed E-state index contributed by atoms with van der Waals surface area (Å²) in [6.45, 7) is 3.67. The molecule has 3 rings (SSSR count). The number of carbonyl (C=O) groups is 1. The average Bonchev–Trinajstić information content (AvgIpc) is 2.46. The fraction of sp³-hybridized carbons (Fsp3) is 0.267. The van der Waals surface area contributed by atoms with Crippen LogP contribution in [0.4, 0.5) is 5.69 Å². The minimum absolute atomic E-state index is 0.356. The van der Waals surface area contributed by atoms with E-state index < -0.39 is 0 Å². The maximum absolute atomic E-state index is 11.9. The Morgan fingerprint density at radius 3 is 2.58 bits per heavy atom. The van der Waals surface area contributed by atoms with Crippen LogP contribution in [0.3, 0.4) is 0 Å². The normalized spacial score (nSPS) is 15.7. The number of primary amides is 1. The molecular formula is C15H17N3O. The lowest BCUT2D eigenvalue weighted by atomic mass is 10.0. The van der Waals surface area contributed by atoms with Crippen LogP contribution in [-0.4, -0.2) is 32.1 Å². The standard InChI is InChI=1S/C15H17N3O/c16-15(19)14-12-4-2-1-3-11(12)5-6-13(14)18-9-7-17-8-10-18/h1-6,17H,7-10H2,(H2,16,19). The lowest BCUT2D eigenvalue weighted by molar-refractivity contribution is 0.100. The average molecular weight is 255 g/mol. The summed E-state index contributed by atoms with van der Waals surface area (Å²) in [6, 6.07) is 11.9. The Labute approximate surface area is 112 Å². The first-order valence-electron chi connectivity index (χ1n) is 6.54. The number of benzene rings is 2. The lowest BCUT2D eigenvalue weighted by Gasteiger charge is -2.31. The first kappa shape index (κ1) is 12.0. The molecule has 0 radical (unpaired) electrons. The van der Waals surface area contributed by atoms with Gasteiger partial charge in [-0.1, -0.05) is 30.3 Å². The van der Waals surface area contributed by atoms with Crippen LogP contribution in [-0.2, 0) is 0 Å². The van der Waals surface area contributed by atoms with Gasteiger partial charge in [-0.05, 0) is 16.8 Å². The molecule has 2 aromatic carbocycles. The Kier molecular flexibility index (Phi) is 3.09. The van der Waals surface area contributed by atoms with Gasteiger partial charge in [0, 0.05) is 26.2 Å². The van der Waals surface area contributed by atoms with Crippen molar-refractivity contribution in [3.05, 3.63) is 42.0 Å². The van der Waals surface area contributed by atoms with Gasteiger partial charge in [0.05, 0.1) is 11.3 Å². The summed E-state index contributed by atoms with van der Waals surface area (Å²) in [5.74, 6) is -0.356. The number of anilines is 1. The van der Waals surface area contributed by atoms with Gasteiger partial charge in [0.1, 0.15) is 0 Å². The molecule has 0 atom stereocenters. The van der Waals surface area contributed by atoms with E-state index in [0.717, 1.165) is 42.6 Å². The van der Waals surface area contributed by atoms with Crippen LogP contribution in [0.1, 0.15) is 10.4 Å². The van der Waals surface area contributed by atoms with Crippen LogP contribution < -0.4 is 16.0 Å². The first-order valence-corrected chi connectivity index (χ1v) is 6.54. The second-order valence-corrected chi connectivity index (χ2v) is 4.78. The second-order valence-electron chi connectivity index (χ2n) is 4.78. The van der Waals surface area contributed by atoms with E-state index in [2.05, 4.69) is 16.3 Å². The van der Waals surface area contributed by atoms with Crippen molar-refractivity contribution in [3.8, 4) is 0 Å². The zero-order valence-corrected chi connectivity index (χ0v) is 10.7. The first-order chi connectivity index (χ1) is 9.27. The largest absolute Gasteiger partial charge is 0.368 e. The Bertz CT molecular complexity index is 618. The van der Waals surface area contributed by atoms with Crippen LogP contribution in [0.25, 0.3) is 10.8 Å². The van der Waals surface area contributed by atoms with Crippen molar-refractivity contribution in [1.82, 2.24) is 5.32 Å². The molecule has 1 saturated heterocycles. The van der Waals surface area contributed by atoms with Crippen LogP contribution in [0.5, 0.6) is 0 Å². The van der Waals surface area contributed by atoms with E-state index in [-0.39, 0.29) is 5.91 Å². The molecule has 2 aromatic rings. The number of amides is 1. The van der Waals surface area contributed by atoms with Gasteiger partial charge in [0.15, 0.2) is 0 Å². The maximum Gasteiger partial charge on any atom is 0.251 e. The molecule has 3 N–H and O–H groups in total. The number of nitrogens with two attached hydrogens (primary N) is 1. The third-order valence-electron chi connectivity index (χ3n) is 3.61. The van der Waals surface area contributed by atoms with E-state index in [1.165, 1.54) is 0 Å². The van der Waals surface area contributed by atoms with Gasteiger partial charge in [0.2, 0.25) is 0 Å². The molecule has 1 aliphatic heterocycles. The number of hydrogen-bond donors (Lipinski definition) is 2. The number of nitrogens with zero attached hydrogens (tertiary/aromatic N) is 1. The van der Waals surface area contributed by atoms with Crippen molar-refractivity contribution < 1.29 is 4.79 Å². The molecule has 19 heavy (non-hydrogen) atoms. The topological polar surface area (TPSA) is 58.4 Å². The van der Waals surface area contributed by atoms with Gasteiger partial charge in [0.25, 0.3) is 5.91 Å². The second kappa shape index (κ2) is 4.90. The van der Waals surface area contributed by atoms with Gasteiger partial charge >= 0.3 is 0 Å². The molecule has 1 heterocycles. The predicted octanol–water partition coefficient (Wildman–Crippen LogP) is 1.35. The van der Waals surface area contributed by atoms with Crippen molar-refractivity contribution in [2.45, 2.75) is 0 Å². The van der Waals surface area contributed by atoms with Crippen molar-refractivity contribution in [2.75, 3.05) is 31.1 Å². The van der Waals surface area contributed by atoms with Crippen molar-refractivity contribution in [3.63, 3.8) is 0 Å². The molecule has 4 heteroatoms. The molecule has 0 spiro atoms. The van der Waals surface area contributed by atoms with Gasteiger partial charge in [-0.15, -0.1) is 0 Å². The number of nitrogens with one attached hydrogen (secondary N) is 1. The molecule has 0 aromatic heterocycles. The Morgan fingerprint density at radius 1 is 1.11 bits per heavy atom. The number of hydrogen-bond acceptors (Lipinski definition) is 3. The van der Waals surface area contributed by atoms with E-state index in [9.17, 15) is 4.79 Å². The number of carbonyl (C=O) groups excluding carboxylic acids is 1. The highest BCUT2D eigenvalue weighted by atomic mass is 16.1. The molecule has 0 aliphatic carbocycles. The molecule has 0 bridgehead atoms. The van der Waals surface area contributed by atoms with Crippen LogP contribution >= 0.6 is 0 Å². The van der Waals surface area contributed by atoms with Gasteiger partial charge in [-0.3, -0.25) is 4.79 Å². The highest BCUT2D eigenvalue weighted by Crippen LogP contribution is 2.28. The molecule has 1 amide bonds. The molecular weight excluding hydrogens is 238 g/mol. The van der Waals surface area contributed by atoms with E-state index in [1.54, 1.807) is 0 Å². The molecule has 98 valence electrons. The SMILES string of the molecule is NC(=O)c1c(N2CCNCC2)ccc2ccccc12. The summed E-state index contributed by atoms with van der Waals surface area (Å²) in [4.78, 5) is 14.1. The Morgan fingerprint density at radius 2 is 1.84 bits per heavy atom. The zero-order chi connectivity index (χ0) is 13.2. The fourth-order valence-electron chi connectivity index (χ4n) is 2.69. The van der Waals surface area contributed by atoms with Crippen molar-refractivity contribution >= 4 is 22.4 Å². The number of rotatable bonds is 2. The maximum atomic E-state index is 11.9. The van der Waals surface area contributed by atoms with Crippen LogP contribution in [0.15, 0.2) is 36.4 Å². The third kappa shape index (κ3) is 2.15. The Hall–Kier alpha value is -2.07. The highest BCUT2D eigenvalue weighted by molar-refractivity contribution is 6.11. The summed E-state index contributed by atoms with van der Waals surface area (Å²) in [6.07, 6.45) is 0. The van der Waals surface area contributed by atoms with Gasteiger partial charge in [-0.2, -0.15) is 0 Å². The van der Waals surface area contributed by atoms with Gasteiger partial charge < -0.3 is 16.0 Å². The van der Waals surface area contributed by atoms with E-state index in [4.69, 9.17) is 5.73 Å². The zero-order valence-electron chi connectivity index (χ0n) is 10.7. The quantitative estimate of drug-likeness (QED) is 0.851. The number of fused-ring (bicyclic) bond motifs is 1. The van der Waals surface area contributed by atoms with E-state index in [1.807, 2.05) is 30.3 Å². The summed E-state index contributed by atoms with van der Waals surface area (Å²) < 4.78 is 0. The smallest absolute Gasteiger partial charge is 0.251 e. The number of piperazine rings is 1. The Balaban J connectivity index is 2.18. The van der Waals surface area contributed by atoms with Crippen LogP contribution in [0.2, 0.25) is 0 Å². The van der Waals surface area contributed by atoms with Crippen molar-refractivity contribution in [1.29, 1.82) is 0 Å². The van der Waals surface area contributed by atoms with Crippen LogP contribution in [0, 0.1) is 0 Å². The summed E-state index contributed by atoms with van der Waals surface area (Å²) in [7, 11) is 0. The van der Waals surface area contributed by atoms with E-state index >= 15 is 0 Å². The minimum Gasteiger partial charge on any atom is -0.368 e. The monoisotopic (exact) mass is 255 g/mol. The summed E-state index contributed by atoms with van der Waals surface area (Å²) in [5, 5.41) is 5.30. The molecule has 1 aliphatic rings. The molecule has 0 saturated carbocycles. The molecule has 4 nitrogen and oxygen atoms in total. The predicted molar refractivity (Wildman–Crippen MR) is 77.5 cm³/mol. The molecule has 1 fully saturated rings. The summed E-state index contributed by atoms with van der Waals surface area (Å²) in [5.41, 5.74) is 7.20. The molecule has 0 unspecified atom stereocenters. The van der Waals surface area contributed by atoms with Crippen molar-refractivity contribution in [2.24, 2.45) is 5.73 Å². The fourth-order valence-corrected chi connectivity index (χ4v) is 2.69. The summed E-state index contributed by atoms with van der Waals surface area (Å²) >= 11 is 0.